The minimum Gasteiger partial charge on any atom is -0.299 e. The first-order chi connectivity index (χ1) is 8.34. The number of para-hydroxylation sites is 2. The molecular formula is C14H14N2O. The number of carbonyl (C=O) groups excluding carboxylic acids is 1. The van der Waals surface area contributed by atoms with Crippen LogP contribution in [0.1, 0.15) is 37.3 Å². The molecule has 1 saturated carbocycles. The van der Waals surface area contributed by atoms with Crippen molar-refractivity contribution in [3.05, 3.63) is 36.2 Å². The highest BCUT2D eigenvalue weighted by atomic mass is 16.1. The summed E-state index contributed by atoms with van der Waals surface area (Å²) in [6.07, 6.45) is 5.52. The summed E-state index contributed by atoms with van der Waals surface area (Å²) in [6.45, 7) is 0. The van der Waals surface area contributed by atoms with Crippen LogP contribution in [0.4, 0.5) is 0 Å². The van der Waals surface area contributed by atoms with Crippen LogP contribution >= 0.6 is 0 Å². The molecule has 2 aromatic rings. The molecule has 0 amide bonds. The average Bonchev–Trinajstić information content (AvgIpc) is 2.39. The zero-order valence-corrected chi connectivity index (χ0v) is 9.60. The van der Waals surface area contributed by atoms with Gasteiger partial charge < -0.3 is 0 Å². The van der Waals surface area contributed by atoms with Gasteiger partial charge >= 0.3 is 0 Å². The van der Waals surface area contributed by atoms with E-state index in [0.717, 1.165) is 36.0 Å². The predicted octanol–water partition coefficient (Wildman–Crippen LogP) is 2.86. The summed E-state index contributed by atoms with van der Waals surface area (Å²) in [7, 11) is 0. The fraction of sp³-hybridized carbons (Fsp3) is 0.357. The number of rotatable bonds is 1. The van der Waals surface area contributed by atoms with Crippen LogP contribution in [-0.2, 0) is 4.79 Å². The number of hydrogen-bond acceptors (Lipinski definition) is 3. The van der Waals surface area contributed by atoms with Crippen molar-refractivity contribution in [3.63, 3.8) is 0 Å². The fourth-order valence-corrected chi connectivity index (χ4v) is 2.44. The van der Waals surface area contributed by atoms with Crippen LogP contribution in [0.2, 0.25) is 0 Å². The molecule has 1 aromatic heterocycles. The Morgan fingerprint density at radius 1 is 1.12 bits per heavy atom. The molecule has 3 heteroatoms. The van der Waals surface area contributed by atoms with Gasteiger partial charge in [0.1, 0.15) is 5.78 Å². The number of fused-ring (bicyclic) bond motifs is 1. The van der Waals surface area contributed by atoms with Crippen LogP contribution in [0.15, 0.2) is 30.5 Å². The van der Waals surface area contributed by atoms with Crippen molar-refractivity contribution in [2.45, 2.75) is 31.6 Å². The molecule has 17 heavy (non-hydrogen) atoms. The number of benzene rings is 1. The van der Waals surface area contributed by atoms with Gasteiger partial charge in [-0.2, -0.15) is 0 Å². The zero-order chi connectivity index (χ0) is 11.7. The Labute approximate surface area is 99.9 Å². The highest BCUT2D eigenvalue weighted by molar-refractivity contribution is 5.86. The third-order valence-electron chi connectivity index (χ3n) is 3.38. The van der Waals surface area contributed by atoms with Crippen molar-refractivity contribution in [3.8, 4) is 0 Å². The van der Waals surface area contributed by atoms with Gasteiger partial charge in [-0.3, -0.25) is 9.78 Å². The lowest BCUT2D eigenvalue weighted by atomic mass is 9.86. The number of hydrogen-bond donors (Lipinski definition) is 0. The molecule has 1 aromatic carbocycles. The minimum absolute atomic E-state index is 0.0270. The second kappa shape index (κ2) is 4.24. The monoisotopic (exact) mass is 226 g/mol. The Balaban J connectivity index is 2.02. The van der Waals surface area contributed by atoms with Crippen LogP contribution in [0, 0.1) is 0 Å². The minimum atomic E-state index is -0.0270. The molecule has 0 bridgehead atoms. The van der Waals surface area contributed by atoms with Gasteiger partial charge in [0.25, 0.3) is 0 Å². The molecule has 1 aliphatic rings. The SMILES string of the molecule is O=C1CCCCC1c1cnc2ccccc2n1. The molecule has 1 atom stereocenters. The van der Waals surface area contributed by atoms with Gasteiger partial charge in [0, 0.05) is 12.6 Å². The summed E-state index contributed by atoms with van der Waals surface area (Å²) in [5.41, 5.74) is 2.61. The summed E-state index contributed by atoms with van der Waals surface area (Å²) in [6, 6.07) is 7.78. The lowest BCUT2D eigenvalue weighted by Crippen LogP contribution is -2.18. The van der Waals surface area contributed by atoms with Crippen LogP contribution in [0.25, 0.3) is 11.0 Å². The van der Waals surface area contributed by atoms with E-state index in [1.54, 1.807) is 6.20 Å². The average molecular weight is 226 g/mol. The van der Waals surface area contributed by atoms with E-state index in [2.05, 4.69) is 9.97 Å². The molecule has 0 spiro atoms. The standard InChI is InChI=1S/C14H14N2O/c17-14-8-4-1-5-10(14)13-9-15-11-6-2-3-7-12(11)16-13/h2-3,6-7,9-10H,1,4-5,8H2. The van der Waals surface area contributed by atoms with E-state index < -0.39 is 0 Å². The van der Waals surface area contributed by atoms with Crippen LogP contribution < -0.4 is 0 Å². The smallest absolute Gasteiger partial charge is 0.141 e. The summed E-state index contributed by atoms with van der Waals surface area (Å²) in [5.74, 6) is 0.293. The van der Waals surface area contributed by atoms with Crippen LogP contribution in [0.5, 0.6) is 0 Å². The highest BCUT2D eigenvalue weighted by Crippen LogP contribution is 2.29. The summed E-state index contributed by atoms with van der Waals surface area (Å²) in [4.78, 5) is 20.8. The van der Waals surface area contributed by atoms with Crippen LogP contribution in [0.3, 0.4) is 0 Å². The molecule has 1 fully saturated rings. The van der Waals surface area contributed by atoms with Crippen molar-refractivity contribution in [1.29, 1.82) is 0 Å². The van der Waals surface area contributed by atoms with Crippen LogP contribution in [-0.4, -0.2) is 15.8 Å². The molecule has 86 valence electrons. The third-order valence-corrected chi connectivity index (χ3v) is 3.38. The molecule has 0 radical (unpaired) electrons. The van der Waals surface area contributed by atoms with E-state index >= 15 is 0 Å². The maximum atomic E-state index is 11.9. The van der Waals surface area contributed by atoms with Gasteiger partial charge in [0.2, 0.25) is 0 Å². The van der Waals surface area contributed by atoms with Crippen molar-refractivity contribution in [2.75, 3.05) is 0 Å². The topological polar surface area (TPSA) is 42.9 Å². The normalized spacial score (nSPS) is 20.7. The van der Waals surface area contributed by atoms with E-state index in [1.807, 2.05) is 24.3 Å². The Kier molecular flexibility index (Phi) is 2.59. The number of aromatic nitrogens is 2. The van der Waals surface area contributed by atoms with Gasteiger partial charge in [-0.1, -0.05) is 18.6 Å². The van der Waals surface area contributed by atoms with Crippen molar-refractivity contribution < 1.29 is 4.79 Å². The van der Waals surface area contributed by atoms with E-state index in [0.29, 0.717) is 12.2 Å². The van der Waals surface area contributed by atoms with E-state index in [4.69, 9.17) is 0 Å². The lowest BCUT2D eigenvalue weighted by molar-refractivity contribution is -0.121. The Morgan fingerprint density at radius 2 is 1.94 bits per heavy atom. The first-order valence-electron chi connectivity index (χ1n) is 6.09. The molecule has 3 nitrogen and oxygen atoms in total. The van der Waals surface area contributed by atoms with Gasteiger partial charge in [-0.05, 0) is 25.0 Å². The van der Waals surface area contributed by atoms with Gasteiger partial charge in [-0.25, -0.2) is 4.98 Å². The van der Waals surface area contributed by atoms with Gasteiger partial charge in [-0.15, -0.1) is 0 Å². The highest BCUT2D eigenvalue weighted by Gasteiger charge is 2.25. The lowest BCUT2D eigenvalue weighted by Gasteiger charge is -2.19. The van der Waals surface area contributed by atoms with Gasteiger partial charge in [0.05, 0.1) is 22.6 Å². The molecule has 0 saturated heterocycles. The van der Waals surface area contributed by atoms with Crippen molar-refractivity contribution >= 4 is 16.8 Å². The number of Topliss-reactive ketones (excluding diaryl/α,β-unsaturated/α-hetero) is 1. The zero-order valence-electron chi connectivity index (χ0n) is 9.60. The first-order valence-corrected chi connectivity index (χ1v) is 6.09. The quantitative estimate of drug-likeness (QED) is 0.751. The summed E-state index contributed by atoms with van der Waals surface area (Å²) >= 11 is 0. The Bertz CT molecular complexity index is 565. The molecule has 1 heterocycles. The molecule has 1 unspecified atom stereocenters. The van der Waals surface area contributed by atoms with Crippen molar-refractivity contribution in [2.24, 2.45) is 0 Å². The summed E-state index contributed by atoms with van der Waals surface area (Å²) < 4.78 is 0. The molecule has 0 aliphatic heterocycles. The predicted molar refractivity (Wildman–Crippen MR) is 65.8 cm³/mol. The second-order valence-electron chi connectivity index (χ2n) is 4.55. The molecule has 1 aliphatic carbocycles. The van der Waals surface area contributed by atoms with E-state index in [9.17, 15) is 4.79 Å². The number of carbonyl (C=O) groups is 1. The van der Waals surface area contributed by atoms with E-state index in [-0.39, 0.29) is 5.92 Å². The number of ketones is 1. The van der Waals surface area contributed by atoms with Gasteiger partial charge in [0.15, 0.2) is 0 Å². The number of nitrogens with zero attached hydrogens (tertiary/aromatic N) is 2. The Hall–Kier alpha value is -1.77. The van der Waals surface area contributed by atoms with Crippen molar-refractivity contribution in [1.82, 2.24) is 9.97 Å². The first kappa shape index (κ1) is 10.4. The molecule has 0 N–H and O–H groups in total. The van der Waals surface area contributed by atoms with E-state index in [1.165, 1.54) is 0 Å². The second-order valence-corrected chi connectivity index (χ2v) is 4.55. The largest absolute Gasteiger partial charge is 0.299 e. The maximum absolute atomic E-state index is 11.9. The fourth-order valence-electron chi connectivity index (χ4n) is 2.44. The molecule has 3 rings (SSSR count). The third kappa shape index (κ3) is 1.93. The molecular weight excluding hydrogens is 212 g/mol. The Morgan fingerprint density at radius 3 is 2.76 bits per heavy atom. The maximum Gasteiger partial charge on any atom is 0.141 e. The summed E-state index contributed by atoms with van der Waals surface area (Å²) in [5, 5.41) is 0.